The van der Waals surface area contributed by atoms with Crippen molar-refractivity contribution in [3.05, 3.63) is 70.5 Å². The number of alkyl carbamates (subject to hydrolysis) is 1. The highest BCUT2D eigenvalue weighted by molar-refractivity contribution is 9.10. The van der Waals surface area contributed by atoms with Crippen LogP contribution in [0, 0.1) is 6.92 Å². The summed E-state index contributed by atoms with van der Waals surface area (Å²) in [4.78, 5) is 16.7. The highest BCUT2D eigenvalue weighted by Crippen LogP contribution is 2.33. The van der Waals surface area contributed by atoms with Crippen LogP contribution in [0.3, 0.4) is 0 Å². The van der Waals surface area contributed by atoms with E-state index in [0.29, 0.717) is 13.0 Å². The zero-order valence-corrected chi connectivity index (χ0v) is 19.3. The number of carbonyl (C=O) groups is 1. The van der Waals surface area contributed by atoms with Gasteiger partial charge in [-0.15, -0.1) is 0 Å². The summed E-state index contributed by atoms with van der Waals surface area (Å²) >= 11 is 3.66. The second-order valence-corrected chi connectivity index (χ2v) is 9.06. The quantitative estimate of drug-likeness (QED) is 0.492. The third-order valence-corrected chi connectivity index (χ3v) is 5.24. The lowest BCUT2D eigenvalue weighted by Crippen LogP contribution is -2.43. The molecule has 1 atom stereocenters. The fourth-order valence-corrected chi connectivity index (χ4v) is 3.68. The van der Waals surface area contributed by atoms with Gasteiger partial charge in [0.05, 0.1) is 10.5 Å². The van der Waals surface area contributed by atoms with Crippen molar-refractivity contribution in [2.45, 2.75) is 45.8 Å². The maximum atomic E-state index is 12.3. The highest BCUT2D eigenvalue weighted by atomic mass is 79.9. The number of fused-ring (bicyclic) bond motifs is 1. The van der Waals surface area contributed by atoms with Crippen molar-refractivity contribution in [1.29, 1.82) is 0 Å². The van der Waals surface area contributed by atoms with E-state index in [1.165, 1.54) is 0 Å². The molecule has 1 unspecified atom stereocenters. The number of aryl methyl sites for hydroxylation is 1. The number of rotatable bonds is 6. The molecule has 158 valence electrons. The number of hydrogen-bond donors (Lipinski definition) is 1. The van der Waals surface area contributed by atoms with E-state index in [4.69, 9.17) is 9.47 Å². The predicted octanol–water partition coefficient (Wildman–Crippen LogP) is 5.82. The molecule has 0 spiro atoms. The molecule has 5 nitrogen and oxygen atoms in total. The summed E-state index contributed by atoms with van der Waals surface area (Å²) in [6.07, 6.45) is 2.03. The summed E-state index contributed by atoms with van der Waals surface area (Å²) in [7, 11) is 0. The van der Waals surface area contributed by atoms with Crippen molar-refractivity contribution < 1.29 is 14.3 Å². The first-order chi connectivity index (χ1) is 14.2. The molecule has 1 heterocycles. The number of amides is 1. The molecule has 1 N–H and O–H groups in total. The molecule has 0 saturated heterocycles. The van der Waals surface area contributed by atoms with Crippen LogP contribution in [-0.4, -0.2) is 29.3 Å². The normalized spacial score (nSPS) is 12.4. The van der Waals surface area contributed by atoms with Gasteiger partial charge in [-0.2, -0.15) is 0 Å². The van der Waals surface area contributed by atoms with Crippen molar-refractivity contribution in [1.82, 2.24) is 10.3 Å². The van der Waals surface area contributed by atoms with Gasteiger partial charge in [0.1, 0.15) is 18.0 Å². The molecule has 0 saturated carbocycles. The summed E-state index contributed by atoms with van der Waals surface area (Å²) in [6, 6.07) is 15.7. The number of nitrogens with zero attached hydrogens (tertiary/aromatic N) is 1. The van der Waals surface area contributed by atoms with Gasteiger partial charge in [-0.25, -0.2) is 4.79 Å². The van der Waals surface area contributed by atoms with E-state index in [2.05, 4.69) is 26.2 Å². The first kappa shape index (κ1) is 22.1. The smallest absolute Gasteiger partial charge is 0.408 e. The molecule has 3 aromatic rings. The van der Waals surface area contributed by atoms with Gasteiger partial charge in [0, 0.05) is 22.7 Å². The lowest BCUT2D eigenvalue weighted by molar-refractivity contribution is 0.0487. The molecule has 0 aliphatic heterocycles. The van der Waals surface area contributed by atoms with Crippen LogP contribution in [0.5, 0.6) is 5.75 Å². The maximum Gasteiger partial charge on any atom is 0.408 e. The summed E-state index contributed by atoms with van der Waals surface area (Å²) < 4.78 is 12.4. The standard InChI is InChI=1S/C24H27BrN2O3/c1-16-12-20-18(14-26-16)10-11-21(22(20)25)29-15-19(13-17-8-6-5-7-9-17)27-23(28)30-24(2,3)4/h5-12,14,19H,13,15H2,1-4H3,(H,27,28). The lowest BCUT2D eigenvalue weighted by atomic mass is 10.1. The van der Waals surface area contributed by atoms with E-state index in [-0.39, 0.29) is 6.04 Å². The van der Waals surface area contributed by atoms with Gasteiger partial charge in [0.15, 0.2) is 0 Å². The Balaban J connectivity index is 1.76. The maximum absolute atomic E-state index is 12.3. The van der Waals surface area contributed by atoms with E-state index >= 15 is 0 Å². The van der Waals surface area contributed by atoms with Crippen molar-refractivity contribution in [2.24, 2.45) is 0 Å². The Morgan fingerprint density at radius 3 is 2.60 bits per heavy atom. The minimum Gasteiger partial charge on any atom is -0.490 e. The van der Waals surface area contributed by atoms with Crippen LogP contribution in [-0.2, 0) is 11.2 Å². The molecular weight excluding hydrogens is 444 g/mol. The van der Waals surface area contributed by atoms with Gasteiger partial charge in [0.2, 0.25) is 0 Å². The van der Waals surface area contributed by atoms with Crippen LogP contribution in [0.4, 0.5) is 4.79 Å². The summed E-state index contributed by atoms with van der Waals surface area (Å²) in [5.41, 5.74) is 1.49. The number of pyridine rings is 1. The summed E-state index contributed by atoms with van der Waals surface area (Å²) in [5.74, 6) is 0.720. The number of ether oxygens (including phenoxy) is 2. The Morgan fingerprint density at radius 2 is 1.90 bits per heavy atom. The number of aromatic nitrogens is 1. The SMILES string of the molecule is Cc1cc2c(Br)c(OCC(Cc3ccccc3)NC(=O)OC(C)(C)C)ccc2cn1. The molecule has 3 rings (SSSR count). The van der Waals surface area contributed by atoms with Crippen molar-refractivity contribution in [3.63, 3.8) is 0 Å². The largest absolute Gasteiger partial charge is 0.490 e. The third-order valence-electron chi connectivity index (χ3n) is 4.42. The van der Waals surface area contributed by atoms with Gasteiger partial charge in [-0.1, -0.05) is 30.3 Å². The molecule has 0 fully saturated rings. The molecule has 0 aliphatic rings. The minimum absolute atomic E-state index is 0.246. The minimum atomic E-state index is -0.560. The van der Waals surface area contributed by atoms with E-state index in [9.17, 15) is 4.79 Å². The fraction of sp³-hybridized carbons (Fsp3) is 0.333. The number of carbonyl (C=O) groups excluding carboxylic acids is 1. The Labute approximate surface area is 185 Å². The van der Waals surface area contributed by atoms with Crippen molar-refractivity contribution >= 4 is 32.8 Å². The van der Waals surface area contributed by atoms with E-state index in [1.54, 1.807) is 0 Å². The second-order valence-electron chi connectivity index (χ2n) is 8.27. The summed E-state index contributed by atoms with van der Waals surface area (Å²) in [6.45, 7) is 7.80. The Hall–Kier alpha value is -2.60. The average Bonchev–Trinajstić information content (AvgIpc) is 2.67. The number of hydrogen-bond acceptors (Lipinski definition) is 4. The Morgan fingerprint density at radius 1 is 1.17 bits per heavy atom. The van der Waals surface area contributed by atoms with Crippen molar-refractivity contribution in [2.75, 3.05) is 6.61 Å². The first-order valence-corrected chi connectivity index (χ1v) is 10.7. The summed E-state index contributed by atoms with van der Waals surface area (Å²) in [5, 5.41) is 5.02. The van der Waals surface area contributed by atoms with Crippen LogP contribution in [0.15, 0.2) is 59.2 Å². The molecule has 1 aromatic heterocycles. The fourth-order valence-electron chi connectivity index (χ4n) is 3.09. The molecule has 2 aromatic carbocycles. The van der Waals surface area contributed by atoms with Gasteiger partial charge in [-0.3, -0.25) is 4.98 Å². The second kappa shape index (κ2) is 9.47. The highest BCUT2D eigenvalue weighted by Gasteiger charge is 2.21. The number of benzene rings is 2. The van der Waals surface area contributed by atoms with Crippen LogP contribution in [0.2, 0.25) is 0 Å². The Bertz CT molecular complexity index is 1020. The first-order valence-electron chi connectivity index (χ1n) is 9.92. The van der Waals surface area contributed by atoms with Crippen LogP contribution >= 0.6 is 15.9 Å². The molecule has 0 radical (unpaired) electrons. The molecular formula is C24H27BrN2O3. The van der Waals surface area contributed by atoms with E-state index in [1.807, 2.05) is 82.4 Å². The van der Waals surface area contributed by atoms with Gasteiger partial charge < -0.3 is 14.8 Å². The van der Waals surface area contributed by atoms with Gasteiger partial charge in [0.25, 0.3) is 0 Å². The lowest BCUT2D eigenvalue weighted by Gasteiger charge is -2.24. The molecule has 0 aliphatic carbocycles. The van der Waals surface area contributed by atoms with E-state index in [0.717, 1.165) is 32.3 Å². The Kier molecular flexibility index (Phi) is 6.98. The zero-order valence-electron chi connectivity index (χ0n) is 17.7. The van der Waals surface area contributed by atoms with Crippen LogP contribution < -0.4 is 10.1 Å². The molecule has 0 bridgehead atoms. The third kappa shape index (κ3) is 6.20. The molecule has 1 amide bonds. The topological polar surface area (TPSA) is 60.5 Å². The molecule has 30 heavy (non-hydrogen) atoms. The van der Waals surface area contributed by atoms with E-state index < -0.39 is 11.7 Å². The number of nitrogens with one attached hydrogen (secondary N) is 1. The van der Waals surface area contributed by atoms with Gasteiger partial charge in [-0.05, 0) is 73.8 Å². The van der Waals surface area contributed by atoms with Crippen LogP contribution in [0.25, 0.3) is 10.8 Å². The number of halogens is 1. The van der Waals surface area contributed by atoms with Crippen LogP contribution in [0.1, 0.15) is 32.0 Å². The van der Waals surface area contributed by atoms with Crippen molar-refractivity contribution in [3.8, 4) is 5.75 Å². The zero-order chi connectivity index (χ0) is 21.7. The van der Waals surface area contributed by atoms with Gasteiger partial charge >= 0.3 is 6.09 Å². The average molecular weight is 471 g/mol. The predicted molar refractivity (Wildman–Crippen MR) is 123 cm³/mol. The monoisotopic (exact) mass is 470 g/mol. The molecule has 6 heteroatoms.